The van der Waals surface area contributed by atoms with E-state index < -0.39 is 0 Å². The molecule has 5 aromatic rings. The Balaban J connectivity index is 1.20. The molecule has 1 saturated heterocycles. The number of hydrogen-bond donors (Lipinski definition) is 3. The number of aromatic nitrogens is 2. The molecule has 6 rings (SSSR count). The molecule has 3 aromatic carbocycles. The molecule has 1 aliphatic rings. The van der Waals surface area contributed by atoms with Crippen LogP contribution < -0.4 is 25.2 Å². The largest absolute Gasteiger partial charge is 0.497 e. The highest BCUT2D eigenvalue weighted by Crippen LogP contribution is 2.31. The lowest BCUT2D eigenvalue weighted by Crippen LogP contribution is -2.47. The number of aromatic amines is 1. The number of anilines is 3. The molecule has 45 heavy (non-hydrogen) atoms. The lowest BCUT2D eigenvalue weighted by molar-refractivity contribution is 0.0948. The molecule has 0 bridgehead atoms. The van der Waals surface area contributed by atoms with Crippen molar-refractivity contribution in [3.63, 3.8) is 0 Å². The predicted molar refractivity (Wildman–Crippen MR) is 175 cm³/mol. The first-order chi connectivity index (χ1) is 21.9. The number of H-pyrrole nitrogens is 1. The van der Waals surface area contributed by atoms with Crippen LogP contribution in [0.4, 0.5) is 17.1 Å². The van der Waals surface area contributed by atoms with Crippen LogP contribution in [0.2, 0.25) is 0 Å². The fourth-order valence-electron chi connectivity index (χ4n) is 5.64. The van der Waals surface area contributed by atoms with Crippen molar-refractivity contribution in [3.05, 3.63) is 113 Å². The molecule has 0 aliphatic carbocycles. The number of aryl methyl sites for hydroxylation is 2. The number of amides is 2. The highest BCUT2D eigenvalue weighted by Gasteiger charge is 2.23. The smallest absolute Gasteiger partial charge is 0.291 e. The van der Waals surface area contributed by atoms with E-state index in [0.717, 1.165) is 54.4 Å². The summed E-state index contributed by atoms with van der Waals surface area (Å²) in [5.74, 6) is 0.975. The van der Waals surface area contributed by atoms with Gasteiger partial charge in [0.05, 0.1) is 36.9 Å². The Morgan fingerprint density at radius 1 is 0.889 bits per heavy atom. The number of nitrogens with one attached hydrogen (secondary N) is 3. The standard InChI is InChI=1S/C35H36N6O4/c1-23-6-4-5-7-31(23)40-16-18-41(19-17-40)32-14-11-26(20-29(32)38-35(43)33-15-8-24(2)45-33)34(42)36-22-30-28(21-37-39-30)25-9-12-27(44-3)13-10-25/h4-15,20-21H,16-19,22H2,1-3H3,(H,36,42)(H,37,39)(H,38,43). The number of carbonyl (C=O) groups is 2. The van der Waals surface area contributed by atoms with Crippen LogP contribution in [-0.2, 0) is 6.54 Å². The van der Waals surface area contributed by atoms with Gasteiger partial charge in [-0.3, -0.25) is 14.7 Å². The summed E-state index contributed by atoms with van der Waals surface area (Å²) in [6.07, 6.45) is 1.74. The zero-order chi connectivity index (χ0) is 31.3. The summed E-state index contributed by atoms with van der Waals surface area (Å²) >= 11 is 0. The second-order valence-electron chi connectivity index (χ2n) is 11.0. The normalized spacial score (nSPS) is 13.0. The van der Waals surface area contributed by atoms with Crippen LogP contribution in [0.15, 0.2) is 89.5 Å². The number of furan rings is 1. The Bertz CT molecular complexity index is 1800. The molecule has 0 unspecified atom stereocenters. The number of hydrogen-bond acceptors (Lipinski definition) is 7. The molecule has 0 spiro atoms. The first kappa shape index (κ1) is 29.6. The average molecular weight is 605 g/mol. The van der Waals surface area contributed by atoms with Crippen molar-refractivity contribution in [2.24, 2.45) is 0 Å². The minimum absolute atomic E-state index is 0.211. The molecule has 0 atom stereocenters. The third kappa shape index (κ3) is 6.54. The van der Waals surface area contributed by atoms with Gasteiger partial charge in [0, 0.05) is 43.0 Å². The third-order valence-electron chi connectivity index (χ3n) is 8.09. The highest BCUT2D eigenvalue weighted by atomic mass is 16.5. The van der Waals surface area contributed by atoms with Gasteiger partial charge in [-0.15, -0.1) is 0 Å². The first-order valence-corrected chi connectivity index (χ1v) is 14.9. The van der Waals surface area contributed by atoms with E-state index in [4.69, 9.17) is 9.15 Å². The van der Waals surface area contributed by atoms with E-state index in [1.807, 2.05) is 30.3 Å². The number of rotatable bonds is 9. The van der Waals surface area contributed by atoms with E-state index in [1.165, 1.54) is 11.3 Å². The van der Waals surface area contributed by atoms with Crippen LogP contribution in [0.1, 0.15) is 37.9 Å². The van der Waals surface area contributed by atoms with Crippen LogP contribution >= 0.6 is 0 Å². The maximum absolute atomic E-state index is 13.4. The minimum Gasteiger partial charge on any atom is -0.497 e. The summed E-state index contributed by atoms with van der Waals surface area (Å²) in [5.41, 5.74) is 6.92. The Morgan fingerprint density at radius 3 is 2.31 bits per heavy atom. The Labute approximate surface area is 262 Å². The molecule has 1 fully saturated rings. The minimum atomic E-state index is -0.373. The number of piperazine rings is 1. The topological polar surface area (TPSA) is 116 Å². The van der Waals surface area contributed by atoms with E-state index in [0.29, 0.717) is 17.0 Å². The number of nitrogens with zero attached hydrogens (tertiary/aromatic N) is 3. The number of ether oxygens (including phenoxy) is 1. The monoisotopic (exact) mass is 604 g/mol. The SMILES string of the molecule is COc1ccc(-c2cn[nH]c2CNC(=O)c2ccc(N3CCN(c4ccccc4C)CC3)c(NC(=O)c3ccc(C)o3)c2)cc1. The van der Waals surface area contributed by atoms with Gasteiger partial charge in [-0.25, -0.2) is 0 Å². The van der Waals surface area contributed by atoms with Gasteiger partial charge in [0.2, 0.25) is 0 Å². The Hall–Kier alpha value is -5.51. The number of benzene rings is 3. The van der Waals surface area contributed by atoms with E-state index in [9.17, 15) is 9.59 Å². The molecule has 10 nitrogen and oxygen atoms in total. The number of para-hydroxylation sites is 1. The molecular formula is C35H36N6O4. The quantitative estimate of drug-likeness (QED) is 0.195. The zero-order valence-corrected chi connectivity index (χ0v) is 25.6. The molecule has 1 aliphatic heterocycles. The molecule has 10 heteroatoms. The first-order valence-electron chi connectivity index (χ1n) is 14.9. The van der Waals surface area contributed by atoms with Crippen molar-refractivity contribution in [2.75, 3.05) is 48.4 Å². The highest BCUT2D eigenvalue weighted by molar-refractivity contribution is 6.05. The summed E-state index contributed by atoms with van der Waals surface area (Å²) in [4.78, 5) is 31.2. The van der Waals surface area contributed by atoms with E-state index in [-0.39, 0.29) is 24.1 Å². The van der Waals surface area contributed by atoms with Crippen LogP contribution in [0.25, 0.3) is 11.1 Å². The fourth-order valence-corrected chi connectivity index (χ4v) is 5.64. The van der Waals surface area contributed by atoms with Crippen LogP contribution in [0.5, 0.6) is 5.75 Å². The maximum Gasteiger partial charge on any atom is 0.291 e. The van der Waals surface area contributed by atoms with Crippen molar-refractivity contribution < 1.29 is 18.7 Å². The van der Waals surface area contributed by atoms with Gasteiger partial charge in [-0.05, 0) is 73.5 Å². The summed E-state index contributed by atoms with van der Waals surface area (Å²) < 4.78 is 10.8. The van der Waals surface area contributed by atoms with Crippen molar-refractivity contribution in [1.29, 1.82) is 0 Å². The Kier molecular flexibility index (Phi) is 8.54. The average Bonchev–Trinajstić information content (AvgIpc) is 3.73. The summed E-state index contributed by atoms with van der Waals surface area (Å²) in [7, 11) is 1.63. The van der Waals surface area contributed by atoms with Gasteiger partial charge in [-0.1, -0.05) is 30.3 Å². The molecule has 230 valence electrons. The second kappa shape index (κ2) is 13.0. The van der Waals surface area contributed by atoms with Crippen molar-refractivity contribution in [1.82, 2.24) is 15.5 Å². The maximum atomic E-state index is 13.4. The van der Waals surface area contributed by atoms with E-state index >= 15 is 0 Å². The van der Waals surface area contributed by atoms with E-state index in [1.54, 1.807) is 44.5 Å². The van der Waals surface area contributed by atoms with Crippen molar-refractivity contribution in [3.8, 4) is 16.9 Å². The predicted octanol–water partition coefficient (Wildman–Crippen LogP) is 5.80. The van der Waals surface area contributed by atoms with Gasteiger partial charge >= 0.3 is 0 Å². The van der Waals surface area contributed by atoms with Crippen molar-refractivity contribution in [2.45, 2.75) is 20.4 Å². The summed E-state index contributed by atoms with van der Waals surface area (Å²) in [6, 6.07) is 24.9. The van der Waals surface area contributed by atoms with Gasteiger partial charge in [0.25, 0.3) is 11.8 Å². The molecule has 0 radical (unpaired) electrons. The van der Waals surface area contributed by atoms with E-state index in [2.05, 4.69) is 61.8 Å². The molecule has 3 N–H and O–H groups in total. The Morgan fingerprint density at radius 2 is 1.62 bits per heavy atom. The molecular weight excluding hydrogens is 568 g/mol. The van der Waals surface area contributed by atoms with Gasteiger partial charge in [0.15, 0.2) is 5.76 Å². The molecule has 3 heterocycles. The molecule has 2 amide bonds. The zero-order valence-electron chi connectivity index (χ0n) is 25.6. The van der Waals surface area contributed by atoms with Gasteiger partial charge in [0.1, 0.15) is 11.5 Å². The third-order valence-corrected chi connectivity index (χ3v) is 8.09. The number of carbonyl (C=O) groups excluding carboxylic acids is 2. The second-order valence-corrected chi connectivity index (χ2v) is 11.0. The lowest BCUT2D eigenvalue weighted by Gasteiger charge is -2.38. The van der Waals surface area contributed by atoms with Crippen LogP contribution in [0.3, 0.4) is 0 Å². The summed E-state index contributed by atoms with van der Waals surface area (Å²) in [6.45, 7) is 7.35. The lowest BCUT2D eigenvalue weighted by atomic mass is 10.1. The molecule has 2 aromatic heterocycles. The van der Waals surface area contributed by atoms with Crippen molar-refractivity contribution >= 4 is 28.9 Å². The fraction of sp³-hybridized carbons (Fsp3) is 0.229. The van der Waals surface area contributed by atoms with Crippen LogP contribution in [0, 0.1) is 13.8 Å². The molecule has 0 saturated carbocycles. The summed E-state index contributed by atoms with van der Waals surface area (Å²) in [5, 5.41) is 13.2. The number of methoxy groups -OCH3 is 1. The van der Waals surface area contributed by atoms with Gasteiger partial charge < -0.3 is 29.6 Å². The van der Waals surface area contributed by atoms with Gasteiger partial charge in [-0.2, -0.15) is 5.10 Å². The van der Waals surface area contributed by atoms with Crippen LogP contribution in [-0.4, -0.2) is 55.3 Å².